The highest BCUT2D eigenvalue weighted by Crippen LogP contribution is 2.29. The Morgan fingerprint density at radius 2 is 1.93 bits per heavy atom. The Labute approximate surface area is 85.5 Å². The van der Waals surface area contributed by atoms with E-state index in [9.17, 15) is 5.11 Å². The minimum atomic E-state index is 0.217. The molecule has 0 amide bonds. The third kappa shape index (κ3) is 2.95. The summed E-state index contributed by atoms with van der Waals surface area (Å²) in [5.74, 6) is 0.747. The lowest BCUT2D eigenvalue weighted by Crippen LogP contribution is -2.08. The Kier molecular flexibility index (Phi) is 3.04. The van der Waals surface area contributed by atoms with Gasteiger partial charge in [-0.1, -0.05) is 26.8 Å². The van der Waals surface area contributed by atoms with Gasteiger partial charge in [0, 0.05) is 0 Å². The van der Waals surface area contributed by atoms with Crippen LogP contribution < -0.4 is 4.74 Å². The number of phenolic OH excluding ortho intramolecular Hbond substituents is 1. The average molecular weight is 194 g/mol. The van der Waals surface area contributed by atoms with Crippen LogP contribution in [-0.2, 0) is 6.42 Å². The third-order valence-corrected chi connectivity index (χ3v) is 1.98. The molecule has 0 saturated carbocycles. The molecule has 1 rings (SSSR count). The van der Waals surface area contributed by atoms with Crippen molar-refractivity contribution in [3.63, 3.8) is 0 Å². The van der Waals surface area contributed by atoms with Gasteiger partial charge in [0.2, 0.25) is 0 Å². The molecule has 0 bridgehead atoms. The smallest absolute Gasteiger partial charge is 0.160 e. The molecule has 0 aliphatic rings. The Morgan fingerprint density at radius 3 is 2.36 bits per heavy atom. The molecule has 0 aromatic heterocycles. The van der Waals surface area contributed by atoms with E-state index < -0.39 is 0 Å². The number of ether oxygens (including phenoxy) is 1. The van der Waals surface area contributed by atoms with E-state index in [1.54, 1.807) is 19.2 Å². The van der Waals surface area contributed by atoms with Gasteiger partial charge in [-0.15, -0.1) is 0 Å². The number of rotatable bonds is 2. The van der Waals surface area contributed by atoms with E-state index in [-0.39, 0.29) is 11.2 Å². The van der Waals surface area contributed by atoms with E-state index in [0.717, 1.165) is 12.0 Å². The highest BCUT2D eigenvalue weighted by molar-refractivity contribution is 5.41. The number of hydrogen-bond donors (Lipinski definition) is 1. The van der Waals surface area contributed by atoms with Crippen LogP contribution >= 0.6 is 0 Å². The molecular formula is C12H18O2. The molecule has 78 valence electrons. The molecule has 1 aromatic rings. The first-order valence-corrected chi connectivity index (χ1v) is 4.78. The highest BCUT2D eigenvalue weighted by atomic mass is 16.5. The van der Waals surface area contributed by atoms with E-state index in [0.29, 0.717) is 5.75 Å². The molecule has 0 spiro atoms. The lowest BCUT2D eigenvalue weighted by Gasteiger charge is -2.18. The summed E-state index contributed by atoms with van der Waals surface area (Å²) >= 11 is 0. The first-order valence-electron chi connectivity index (χ1n) is 4.78. The molecule has 14 heavy (non-hydrogen) atoms. The summed E-state index contributed by atoms with van der Waals surface area (Å²) in [6.45, 7) is 6.52. The summed E-state index contributed by atoms with van der Waals surface area (Å²) in [5.41, 5.74) is 1.37. The van der Waals surface area contributed by atoms with Crippen LogP contribution in [0.1, 0.15) is 26.3 Å². The van der Waals surface area contributed by atoms with Crippen LogP contribution in [0.15, 0.2) is 18.2 Å². The lowest BCUT2D eigenvalue weighted by atomic mass is 9.88. The molecule has 0 radical (unpaired) electrons. The van der Waals surface area contributed by atoms with Crippen molar-refractivity contribution in [1.29, 1.82) is 0 Å². The van der Waals surface area contributed by atoms with Crippen molar-refractivity contribution in [2.45, 2.75) is 27.2 Å². The predicted molar refractivity (Wildman–Crippen MR) is 57.8 cm³/mol. The fourth-order valence-corrected chi connectivity index (χ4v) is 1.46. The SMILES string of the molecule is COc1ccc(CC(C)(C)C)cc1O. The number of methoxy groups -OCH3 is 1. The molecule has 0 saturated heterocycles. The van der Waals surface area contributed by atoms with Crippen LogP contribution in [0.2, 0.25) is 0 Å². The van der Waals surface area contributed by atoms with Crippen LogP contribution in [0.4, 0.5) is 0 Å². The Hall–Kier alpha value is -1.18. The zero-order valence-electron chi connectivity index (χ0n) is 9.29. The zero-order valence-corrected chi connectivity index (χ0v) is 9.29. The van der Waals surface area contributed by atoms with Gasteiger partial charge in [0.25, 0.3) is 0 Å². The highest BCUT2D eigenvalue weighted by Gasteiger charge is 2.12. The van der Waals surface area contributed by atoms with Crippen molar-refractivity contribution in [2.24, 2.45) is 5.41 Å². The molecule has 2 nitrogen and oxygen atoms in total. The van der Waals surface area contributed by atoms with Gasteiger partial charge in [-0.05, 0) is 29.5 Å². The standard InChI is InChI=1S/C12H18O2/c1-12(2,3)8-9-5-6-11(14-4)10(13)7-9/h5-7,13H,8H2,1-4H3. The van der Waals surface area contributed by atoms with Crippen LogP contribution in [0.3, 0.4) is 0 Å². The minimum Gasteiger partial charge on any atom is -0.504 e. The quantitative estimate of drug-likeness (QED) is 0.784. The molecule has 0 heterocycles. The fourth-order valence-electron chi connectivity index (χ4n) is 1.46. The van der Waals surface area contributed by atoms with Gasteiger partial charge in [-0.25, -0.2) is 0 Å². The molecule has 2 heteroatoms. The van der Waals surface area contributed by atoms with Crippen molar-refractivity contribution in [2.75, 3.05) is 7.11 Å². The van der Waals surface area contributed by atoms with Gasteiger partial charge in [-0.2, -0.15) is 0 Å². The van der Waals surface area contributed by atoms with Crippen LogP contribution in [0.25, 0.3) is 0 Å². The van der Waals surface area contributed by atoms with Gasteiger partial charge in [0.15, 0.2) is 11.5 Å². The molecule has 0 atom stereocenters. The second-order valence-electron chi connectivity index (χ2n) is 4.74. The zero-order chi connectivity index (χ0) is 10.8. The van der Waals surface area contributed by atoms with E-state index in [1.807, 2.05) is 6.07 Å². The van der Waals surface area contributed by atoms with Gasteiger partial charge >= 0.3 is 0 Å². The monoisotopic (exact) mass is 194 g/mol. The minimum absolute atomic E-state index is 0.217. The maximum absolute atomic E-state index is 9.56. The normalized spacial score (nSPS) is 11.4. The summed E-state index contributed by atoms with van der Waals surface area (Å²) in [7, 11) is 1.55. The molecule has 0 fully saturated rings. The number of aromatic hydroxyl groups is 1. The van der Waals surface area contributed by atoms with Gasteiger partial charge in [0.05, 0.1) is 7.11 Å². The maximum atomic E-state index is 9.56. The summed E-state index contributed by atoms with van der Waals surface area (Å²) in [6.07, 6.45) is 0.949. The summed E-state index contributed by atoms with van der Waals surface area (Å²) in [4.78, 5) is 0. The van der Waals surface area contributed by atoms with Crippen molar-refractivity contribution < 1.29 is 9.84 Å². The van der Waals surface area contributed by atoms with Crippen LogP contribution in [0.5, 0.6) is 11.5 Å². The van der Waals surface area contributed by atoms with Crippen molar-refractivity contribution >= 4 is 0 Å². The topological polar surface area (TPSA) is 29.5 Å². The van der Waals surface area contributed by atoms with Crippen LogP contribution in [0, 0.1) is 5.41 Å². The first-order chi connectivity index (χ1) is 6.42. The number of benzene rings is 1. The molecule has 0 aliphatic carbocycles. The van der Waals surface area contributed by atoms with Gasteiger partial charge < -0.3 is 9.84 Å². The summed E-state index contributed by atoms with van der Waals surface area (Å²) < 4.78 is 4.98. The molecule has 1 N–H and O–H groups in total. The molecule has 1 aromatic carbocycles. The first kappa shape index (κ1) is 10.9. The number of hydrogen-bond acceptors (Lipinski definition) is 2. The molecule has 0 unspecified atom stereocenters. The second-order valence-corrected chi connectivity index (χ2v) is 4.74. The Morgan fingerprint density at radius 1 is 1.29 bits per heavy atom. The third-order valence-electron chi connectivity index (χ3n) is 1.98. The van der Waals surface area contributed by atoms with E-state index >= 15 is 0 Å². The van der Waals surface area contributed by atoms with Gasteiger partial charge in [0.1, 0.15) is 0 Å². The second kappa shape index (κ2) is 3.91. The largest absolute Gasteiger partial charge is 0.504 e. The maximum Gasteiger partial charge on any atom is 0.160 e. The van der Waals surface area contributed by atoms with Crippen LogP contribution in [-0.4, -0.2) is 12.2 Å². The van der Waals surface area contributed by atoms with Crippen molar-refractivity contribution in [1.82, 2.24) is 0 Å². The van der Waals surface area contributed by atoms with Gasteiger partial charge in [-0.3, -0.25) is 0 Å². The van der Waals surface area contributed by atoms with E-state index in [4.69, 9.17) is 4.74 Å². The molecule has 0 aliphatic heterocycles. The summed E-state index contributed by atoms with van der Waals surface area (Å²) in [5, 5.41) is 9.56. The van der Waals surface area contributed by atoms with E-state index in [2.05, 4.69) is 20.8 Å². The van der Waals surface area contributed by atoms with E-state index in [1.165, 1.54) is 0 Å². The summed E-state index contributed by atoms with van der Waals surface area (Å²) in [6, 6.07) is 5.56. The molecular weight excluding hydrogens is 176 g/mol. The fraction of sp³-hybridized carbons (Fsp3) is 0.500. The van der Waals surface area contributed by atoms with Crippen molar-refractivity contribution in [3.8, 4) is 11.5 Å². The number of phenols is 1. The Bertz CT molecular complexity index is 311. The average Bonchev–Trinajstić information content (AvgIpc) is 2.01. The predicted octanol–water partition coefficient (Wildman–Crippen LogP) is 2.99. The Balaban J connectivity index is 2.87. The lowest BCUT2D eigenvalue weighted by molar-refractivity contribution is 0.370. The van der Waals surface area contributed by atoms with Crippen molar-refractivity contribution in [3.05, 3.63) is 23.8 Å².